The number of rotatable bonds is 7. The van der Waals surface area contributed by atoms with E-state index in [0.717, 1.165) is 5.56 Å². The molecule has 0 aromatic heterocycles. The van der Waals surface area contributed by atoms with Crippen LogP contribution in [0.3, 0.4) is 0 Å². The number of amides is 1. The van der Waals surface area contributed by atoms with E-state index in [9.17, 15) is 17.6 Å². The Hall–Kier alpha value is -2.25. The maximum Gasteiger partial charge on any atom is 0.248 e. The van der Waals surface area contributed by atoms with Crippen LogP contribution in [0.4, 0.5) is 4.39 Å². The topological polar surface area (TPSA) is 89.3 Å². The Morgan fingerprint density at radius 1 is 1.13 bits per heavy atom. The van der Waals surface area contributed by atoms with Crippen LogP contribution in [0.15, 0.2) is 53.4 Å². The summed E-state index contributed by atoms with van der Waals surface area (Å²) in [4.78, 5) is 11.0. The Balaban J connectivity index is 1.90. The molecule has 0 aliphatic carbocycles. The lowest BCUT2D eigenvalue weighted by molar-refractivity contribution is 0.1000. The van der Waals surface area contributed by atoms with Gasteiger partial charge in [-0.25, -0.2) is 17.5 Å². The predicted octanol–water partition coefficient (Wildman–Crippen LogP) is 1.84. The second kappa shape index (κ2) is 7.34. The van der Waals surface area contributed by atoms with Crippen LogP contribution in [0, 0.1) is 5.82 Å². The Morgan fingerprint density at radius 3 is 2.43 bits per heavy atom. The van der Waals surface area contributed by atoms with Gasteiger partial charge in [0.05, 0.1) is 4.90 Å². The van der Waals surface area contributed by atoms with Crippen LogP contribution >= 0.6 is 0 Å². The van der Waals surface area contributed by atoms with Crippen LogP contribution in [-0.2, 0) is 16.4 Å². The number of sulfonamides is 1. The lowest BCUT2D eigenvalue weighted by atomic mass is 10.1. The lowest BCUT2D eigenvalue weighted by Crippen LogP contribution is -2.25. The van der Waals surface area contributed by atoms with E-state index in [1.165, 1.54) is 36.4 Å². The van der Waals surface area contributed by atoms with Crippen LogP contribution in [0.1, 0.15) is 22.3 Å². The first-order valence-corrected chi connectivity index (χ1v) is 8.51. The van der Waals surface area contributed by atoms with Gasteiger partial charge in [0.1, 0.15) is 5.82 Å². The smallest absolute Gasteiger partial charge is 0.248 e. The highest BCUT2D eigenvalue weighted by atomic mass is 32.2. The maximum atomic E-state index is 13.0. The highest BCUT2D eigenvalue weighted by Gasteiger charge is 2.13. The van der Waals surface area contributed by atoms with Crippen molar-refractivity contribution < 1.29 is 17.6 Å². The van der Waals surface area contributed by atoms with Crippen LogP contribution in [-0.4, -0.2) is 20.9 Å². The van der Waals surface area contributed by atoms with E-state index in [2.05, 4.69) is 4.72 Å². The van der Waals surface area contributed by atoms with Gasteiger partial charge in [0, 0.05) is 12.1 Å². The molecule has 0 bridgehead atoms. The summed E-state index contributed by atoms with van der Waals surface area (Å²) in [6, 6.07) is 11.6. The lowest BCUT2D eigenvalue weighted by Gasteiger charge is -2.07. The third-order valence-electron chi connectivity index (χ3n) is 3.27. The van der Waals surface area contributed by atoms with Crippen molar-refractivity contribution in [3.05, 3.63) is 65.5 Å². The van der Waals surface area contributed by atoms with Crippen LogP contribution in [0.5, 0.6) is 0 Å². The van der Waals surface area contributed by atoms with E-state index in [4.69, 9.17) is 5.73 Å². The third kappa shape index (κ3) is 4.87. The van der Waals surface area contributed by atoms with Gasteiger partial charge in [0.2, 0.25) is 15.9 Å². The fourth-order valence-electron chi connectivity index (χ4n) is 2.07. The van der Waals surface area contributed by atoms with Crippen molar-refractivity contribution >= 4 is 15.9 Å². The molecule has 23 heavy (non-hydrogen) atoms. The molecular formula is C16H17FN2O3S. The van der Waals surface area contributed by atoms with Gasteiger partial charge >= 0.3 is 0 Å². The molecule has 7 heteroatoms. The number of hydrogen-bond acceptors (Lipinski definition) is 3. The van der Waals surface area contributed by atoms with E-state index >= 15 is 0 Å². The van der Waals surface area contributed by atoms with Gasteiger partial charge in [-0.15, -0.1) is 0 Å². The van der Waals surface area contributed by atoms with Gasteiger partial charge in [0.25, 0.3) is 0 Å². The van der Waals surface area contributed by atoms with Gasteiger partial charge < -0.3 is 5.73 Å². The molecule has 0 heterocycles. The molecule has 2 aromatic rings. The average Bonchev–Trinajstić information content (AvgIpc) is 2.52. The maximum absolute atomic E-state index is 13.0. The van der Waals surface area contributed by atoms with E-state index in [0.29, 0.717) is 12.8 Å². The first-order chi connectivity index (χ1) is 10.9. The van der Waals surface area contributed by atoms with E-state index < -0.39 is 15.9 Å². The summed E-state index contributed by atoms with van der Waals surface area (Å²) in [6.07, 6.45) is 1.11. The molecule has 0 saturated heterocycles. The first-order valence-electron chi connectivity index (χ1n) is 7.02. The molecule has 0 aliphatic rings. The largest absolute Gasteiger partial charge is 0.366 e. The highest BCUT2D eigenvalue weighted by Crippen LogP contribution is 2.11. The number of halogens is 1. The zero-order chi connectivity index (χ0) is 16.9. The number of hydrogen-bond donors (Lipinski definition) is 2. The van der Waals surface area contributed by atoms with Crippen molar-refractivity contribution in [2.75, 3.05) is 6.54 Å². The van der Waals surface area contributed by atoms with E-state index in [1.807, 2.05) is 0 Å². The predicted molar refractivity (Wildman–Crippen MR) is 84.9 cm³/mol. The second-order valence-electron chi connectivity index (χ2n) is 5.02. The van der Waals surface area contributed by atoms with Gasteiger partial charge in [-0.1, -0.05) is 12.1 Å². The number of nitrogens with two attached hydrogens (primary N) is 1. The van der Waals surface area contributed by atoms with Crippen molar-refractivity contribution in [1.29, 1.82) is 0 Å². The number of carbonyl (C=O) groups is 1. The summed E-state index contributed by atoms with van der Waals surface area (Å²) < 4.78 is 39.7. The zero-order valence-corrected chi connectivity index (χ0v) is 13.1. The van der Waals surface area contributed by atoms with Gasteiger partial charge in [-0.2, -0.15) is 0 Å². The standard InChI is InChI=1S/C16H17FN2O3S/c17-14-5-1-3-12(11-14)4-2-10-19-23(21,22)15-8-6-13(7-9-15)16(18)20/h1,3,5-9,11,19H,2,4,10H2,(H2,18,20). The number of aryl methyl sites for hydroxylation is 1. The quantitative estimate of drug-likeness (QED) is 0.756. The molecule has 122 valence electrons. The molecule has 0 atom stereocenters. The minimum absolute atomic E-state index is 0.0632. The summed E-state index contributed by atoms with van der Waals surface area (Å²) in [5.41, 5.74) is 6.17. The Bertz CT molecular complexity index is 789. The van der Waals surface area contributed by atoms with E-state index in [1.54, 1.807) is 12.1 Å². The van der Waals surface area contributed by atoms with Crippen LogP contribution in [0.25, 0.3) is 0 Å². The molecular weight excluding hydrogens is 319 g/mol. The number of primary amides is 1. The van der Waals surface area contributed by atoms with Crippen molar-refractivity contribution in [3.63, 3.8) is 0 Å². The van der Waals surface area contributed by atoms with Gasteiger partial charge in [-0.3, -0.25) is 4.79 Å². The fraction of sp³-hybridized carbons (Fsp3) is 0.188. The Labute approximate surface area is 134 Å². The summed E-state index contributed by atoms with van der Waals surface area (Å²) >= 11 is 0. The minimum Gasteiger partial charge on any atom is -0.366 e. The van der Waals surface area contributed by atoms with Crippen LogP contribution in [0.2, 0.25) is 0 Å². The minimum atomic E-state index is -3.64. The van der Waals surface area contributed by atoms with Gasteiger partial charge in [-0.05, 0) is 54.8 Å². The monoisotopic (exact) mass is 336 g/mol. The van der Waals surface area contributed by atoms with Crippen LogP contribution < -0.4 is 10.5 Å². The second-order valence-corrected chi connectivity index (χ2v) is 6.79. The van der Waals surface area contributed by atoms with Crippen molar-refractivity contribution in [2.24, 2.45) is 5.73 Å². The Kier molecular flexibility index (Phi) is 5.46. The Morgan fingerprint density at radius 2 is 1.83 bits per heavy atom. The molecule has 2 aromatic carbocycles. The number of carbonyl (C=O) groups excluding carboxylic acids is 1. The summed E-state index contributed by atoms with van der Waals surface area (Å²) in [7, 11) is -3.64. The molecule has 3 N–H and O–H groups in total. The summed E-state index contributed by atoms with van der Waals surface area (Å²) in [5, 5.41) is 0. The molecule has 0 unspecified atom stereocenters. The number of benzene rings is 2. The molecule has 0 aliphatic heterocycles. The highest BCUT2D eigenvalue weighted by molar-refractivity contribution is 7.89. The zero-order valence-electron chi connectivity index (χ0n) is 12.3. The molecule has 0 saturated carbocycles. The summed E-state index contributed by atoms with van der Waals surface area (Å²) in [6.45, 7) is 0.233. The number of nitrogens with one attached hydrogen (secondary N) is 1. The molecule has 1 amide bonds. The third-order valence-corrected chi connectivity index (χ3v) is 4.75. The van der Waals surface area contributed by atoms with E-state index in [-0.39, 0.29) is 22.8 Å². The van der Waals surface area contributed by atoms with Gasteiger partial charge in [0.15, 0.2) is 0 Å². The average molecular weight is 336 g/mol. The SMILES string of the molecule is NC(=O)c1ccc(S(=O)(=O)NCCCc2cccc(F)c2)cc1. The molecule has 2 rings (SSSR count). The van der Waals surface area contributed by atoms with Crippen molar-refractivity contribution in [3.8, 4) is 0 Å². The molecule has 0 radical (unpaired) electrons. The fourth-order valence-corrected chi connectivity index (χ4v) is 3.15. The molecule has 0 fully saturated rings. The van der Waals surface area contributed by atoms with Crippen molar-refractivity contribution in [1.82, 2.24) is 4.72 Å². The molecule has 0 spiro atoms. The normalized spacial score (nSPS) is 11.3. The van der Waals surface area contributed by atoms with Crippen molar-refractivity contribution in [2.45, 2.75) is 17.7 Å². The molecule has 5 nitrogen and oxygen atoms in total. The first kappa shape index (κ1) is 17.1. The summed E-state index contributed by atoms with van der Waals surface area (Å²) in [5.74, 6) is -0.922.